The van der Waals surface area contributed by atoms with Gasteiger partial charge < -0.3 is 29.0 Å². The Kier molecular flexibility index (Phi) is 14.8. The van der Waals surface area contributed by atoms with Crippen LogP contribution in [0.2, 0.25) is 0 Å². The molecule has 0 aliphatic carbocycles. The highest BCUT2D eigenvalue weighted by Gasteiger charge is 2.41. The van der Waals surface area contributed by atoms with Crippen LogP contribution in [-0.2, 0) is 12.0 Å². The Morgan fingerprint density at radius 2 is 1.62 bits per heavy atom. The molecular formula is C41H59N5O4. The van der Waals surface area contributed by atoms with Crippen LogP contribution >= 0.6 is 0 Å². The lowest BCUT2D eigenvalue weighted by Gasteiger charge is -2.29. The molecule has 0 radical (unpaired) electrons. The van der Waals surface area contributed by atoms with Gasteiger partial charge in [-0.15, -0.1) is 0 Å². The van der Waals surface area contributed by atoms with Crippen molar-refractivity contribution < 1.29 is 19.0 Å². The van der Waals surface area contributed by atoms with Crippen molar-refractivity contribution in [1.82, 2.24) is 19.4 Å². The number of amides is 1. The van der Waals surface area contributed by atoms with Gasteiger partial charge in [-0.05, 0) is 68.0 Å². The highest BCUT2D eigenvalue weighted by atomic mass is 16.5. The monoisotopic (exact) mass is 685 g/mol. The van der Waals surface area contributed by atoms with Crippen molar-refractivity contribution >= 4 is 22.9 Å². The van der Waals surface area contributed by atoms with Gasteiger partial charge in [-0.25, -0.2) is 4.98 Å². The van der Waals surface area contributed by atoms with E-state index in [1.807, 2.05) is 17.2 Å². The topological polar surface area (TPSA) is 90.7 Å². The summed E-state index contributed by atoms with van der Waals surface area (Å²) >= 11 is 0. The molecule has 0 spiro atoms. The average molecular weight is 686 g/mol. The van der Waals surface area contributed by atoms with Gasteiger partial charge >= 0.3 is 0 Å². The zero-order valence-corrected chi connectivity index (χ0v) is 31.5. The van der Waals surface area contributed by atoms with E-state index in [2.05, 4.69) is 72.9 Å². The number of hydrogen-bond acceptors (Lipinski definition) is 7. The molecular weight excluding hydrogens is 626 g/mol. The average Bonchev–Trinajstić information content (AvgIpc) is 3.74. The standard InChI is InChI=1S/C22H28N2O4.C19H31N3/c1-5-8-22(17-7-6-10-23-14-17)9-11-24(15-22)21(25)16-12-18(26-2)20(28-4)19(13-16)27-3;1-4-7-10-15-22-18-14-9-8-13-17(18)21-19(22)20-16(11-5-2)12-6-3/h6-7,10,12-14H,5,8-9,11,15H2,1-4H3;8-9,13-14,16H,4-7,10-12,15H2,1-3H3,(H,20,21). The number of aryl methyl sites for hydroxylation is 1. The molecule has 2 aromatic heterocycles. The number of carbonyl (C=O) groups excluding carboxylic acids is 1. The van der Waals surface area contributed by atoms with Crippen molar-refractivity contribution in [3.05, 3.63) is 72.1 Å². The Bertz CT molecular complexity index is 1590. The lowest BCUT2D eigenvalue weighted by molar-refractivity contribution is 0.0781. The van der Waals surface area contributed by atoms with E-state index in [1.54, 1.807) is 39.7 Å². The number of ether oxygens (including phenoxy) is 3. The van der Waals surface area contributed by atoms with E-state index in [0.717, 1.165) is 37.3 Å². The Morgan fingerprint density at radius 3 is 2.22 bits per heavy atom. The summed E-state index contributed by atoms with van der Waals surface area (Å²) in [6.45, 7) is 11.4. The normalized spacial score (nSPS) is 15.6. The number of methoxy groups -OCH3 is 3. The first-order chi connectivity index (χ1) is 24.4. The van der Waals surface area contributed by atoms with Crippen LogP contribution < -0.4 is 19.5 Å². The number of nitrogens with one attached hydrogen (secondary N) is 1. The highest BCUT2D eigenvalue weighted by Crippen LogP contribution is 2.41. The van der Waals surface area contributed by atoms with E-state index < -0.39 is 0 Å². The molecule has 50 heavy (non-hydrogen) atoms. The molecule has 1 aliphatic heterocycles. The molecule has 1 saturated heterocycles. The zero-order valence-electron chi connectivity index (χ0n) is 31.5. The second kappa shape index (κ2) is 19.2. The van der Waals surface area contributed by atoms with Crippen LogP contribution in [0, 0.1) is 0 Å². The zero-order chi connectivity index (χ0) is 35.9. The lowest BCUT2D eigenvalue weighted by atomic mass is 9.77. The second-order valence-electron chi connectivity index (χ2n) is 13.4. The highest BCUT2D eigenvalue weighted by molar-refractivity contribution is 5.96. The summed E-state index contributed by atoms with van der Waals surface area (Å²) in [6.07, 6.45) is 15.3. The van der Waals surface area contributed by atoms with Crippen LogP contribution in [0.4, 0.5) is 5.95 Å². The maximum absolute atomic E-state index is 13.3. The molecule has 1 aliphatic rings. The number of anilines is 1. The molecule has 1 unspecified atom stereocenters. The quantitative estimate of drug-likeness (QED) is 0.111. The maximum atomic E-state index is 13.3. The van der Waals surface area contributed by atoms with Crippen LogP contribution in [0.25, 0.3) is 11.0 Å². The first-order valence-corrected chi connectivity index (χ1v) is 18.6. The van der Waals surface area contributed by atoms with Crippen molar-refractivity contribution in [2.45, 2.75) is 110 Å². The van der Waals surface area contributed by atoms with E-state index in [9.17, 15) is 4.79 Å². The number of benzene rings is 2. The van der Waals surface area contributed by atoms with Gasteiger partial charge in [0.2, 0.25) is 11.7 Å². The fourth-order valence-electron chi connectivity index (χ4n) is 7.27. The third-order valence-corrected chi connectivity index (χ3v) is 9.80. The minimum atomic E-state index is -0.0423. The second-order valence-corrected chi connectivity index (χ2v) is 13.4. The SMILES string of the molecule is CCCC1(c2cccnc2)CCN(C(=O)c2cc(OC)c(OC)c(OC)c2)C1.CCCCCn1c(NC(CCC)CCC)nc2ccccc21. The van der Waals surface area contributed by atoms with E-state index in [0.29, 0.717) is 41.9 Å². The number of pyridine rings is 1. The number of carbonyl (C=O) groups is 1. The van der Waals surface area contributed by atoms with Crippen LogP contribution in [0.15, 0.2) is 60.9 Å². The van der Waals surface area contributed by atoms with E-state index >= 15 is 0 Å². The Morgan fingerprint density at radius 1 is 0.900 bits per heavy atom. The molecule has 1 atom stereocenters. The summed E-state index contributed by atoms with van der Waals surface area (Å²) in [6, 6.07) is 16.6. The molecule has 3 heterocycles. The van der Waals surface area contributed by atoms with Crippen LogP contribution in [-0.4, -0.2) is 65.8 Å². The molecule has 9 heteroatoms. The summed E-state index contributed by atoms with van der Waals surface area (Å²) in [5.41, 5.74) is 4.06. The Balaban J connectivity index is 0.000000232. The van der Waals surface area contributed by atoms with Crippen LogP contribution in [0.1, 0.15) is 108 Å². The fraction of sp³-hybridized carbons (Fsp3) is 0.537. The number of unbranched alkanes of at least 4 members (excludes halogenated alkanes) is 2. The molecule has 5 rings (SSSR count). The summed E-state index contributed by atoms with van der Waals surface area (Å²) in [7, 11) is 4.65. The number of fused-ring (bicyclic) bond motifs is 1. The smallest absolute Gasteiger partial charge is 0.254 e. The van der Waals surface area contributed by atoms with Gasteiger partial charge in [0, 0.05) is 49.0 Å². The number of imidazole rings is 1. The number of para-hydroxylation sites is 2. The van der Waals surface area contributed by atoms with Gasteiger partial charge in [0.05, 0.1) is 32.4 Å². The minimum absolute atomic E-state index is 0.0267. The summed E-state index contributed by atoms with van der Waals surface area (Å²) < 4.78 is 18.5. The van der Waals surface area contributed by atoms with Crippen LogP contribution in [0.5, 0.6) is 17.2 Å². The summed E-state index contributed by atoms with van der Waals surface area (Å²) in [5.74, 6) is 2.48. The molecule has 1 amide bonds. The summed E-state index contributed by atoms with van der Waals surface area (Å²) in [5, 5.41) is 3.72. The van der Waals surface area contributed by atoms with Gasteiger partial charge in [0.1, 0.15) is 0 Å². The summed E-state index contributed by atoms with van der Waals surface area (Å²) in [4.78, 5) is 24.3. The van der Waals surface area contributed by atoms with Gasteiger partial charge in [0.15, 0.2) is 11.5 Å². The lowest BCUT2D eigenvalue weighted by Crippen LogP contribution is -2.34. The molecule has 1 N–H and O–H groups in total. The molecule has 0 saturated carbocycles. The molecule has 272 valence electrons. The Hall–Kier alpha value is -4.27. The van der Waals surface area contributed by atoms with Gasteiger partial charge in [-0.3, -0.25) is 9.78 Å². The first-order valence-electron chi connectivity index (χ1n) is 18.6. The van der Waals surface area contributed by atoms with Crippen LogP contribution in [0.3, 0.4) is 0 Å². The van der Waals surface area contributed by atoms with Crippen molar-refractivity contribution in [1.29, 1.82) is 0 Å². The number of likely N-dealkylation sites (tertiary alicyclic amines) is 1. The molecule has 2 aromatic carbocycles. The third kappa shape index (κ3) is 9.29. The number of rotatable bonds is 17. The van der Waals surface area contributed by atoms with E-state index in [1.165, 1.54) is 56.0 Å². The third-order valence-electron chi connectivity index (χ3n) is 9.80. The number of hydrogen-bond donors (Lipinski definition) is 1. The molecule has 0 bridgehead atoms. The van der Waals surface area contributed by atoms with Crippen molar-refractivity contribution in [3.8, 4) is 17.2 Å². The number of nitrogens with zero attached hydrogens (tertiary/aromatic N) is 4. The van der Waals surface area contributed by atoms with Crippen molar-refractivity contribution in [2.75, 3.05) is 39.7 Å². The van der Waals surface area contributed by atoms with E-state index in [-0.39, 0.29) is 11.3 Å². The molecule has 1 fully saturated rings. The van der Waals surface area contributed by atoms with Gasteiger partial charge in [0.25, 0.3) is 5.91 Å². The Labute approximate surface area is 299 Å². The predicted molar refractivity (Wildman–Crippen MR) is 204 cm³/mol. The molecule has 4 aromatic rings. The van der Waals surface area contributed by atoms with Crippen molar-refractivity contribution in [3.63, 3.8) is 0 Å². The van der Waals surface area contributed by atoms with Crippen molar-refractivity contribution in [2.24, 2.45) is 0 Å². The van der Waals surface area contributed by atoms with Gasteiger partial charge in [-0.2, -0.15) is 0 Å². The minimum Gasteiger partial charge on any atom is -0.493 e. The first kappa shape index (κ1) is 38.5. The van der Waals surface area contributed by atoms with Gasteiger partial charge in [-0.1, -0.05) is 78.0 Å². The fourth-order valence-corrected chi connectivity index (χ4v) is 7.27. The molecule has 9 nitrogen and oxygen atoms in total. The predicted octanol–water partition coefficient (Wildman–Crippen LogP) is 9.30. The largest absolute Gasteiger partial charge is 0.493 e. The maximum Gasteiger partial charge on any atom is 0.254 e. The van der Waals surface area contributed by atoms with E-state index in [4.69, 9.17) is 19.2 Å². The number of aromatic nitrogens is 3.